The maximum absolute atomic E-state index is 13.6. The minimum atomic E-state index is -0.567. The number of rotatable bonds is 1. The number of nitrogens with zero attached hydrogens (tertiary/aromatic N) is 2. The highest BCUT2D eigenvalue weighted by Crippen LogP contribution is 2.22. The third kappa shape index (κ3) is 1.79. The van der Waals surface area contributed by atoms with Crippen LogP contribution in [0.4, 0.5) is 10.2 Å². The first kappa shape index (κ1) is 9.58. The quantitative estimate of drug-likeness (QED) is 0.772. The van der Waals surface area contributed by atoms with Gasteiger partial charge in [-0.1, -0.05) is 23.8 Å². The summed E-state index contributed by atoms with van der Waals surface area (Å²) in [7, 11) is 0. The molecule has 0 fully saturated rings. The molecule has 0 spiro atoms. The smallest absolute Gasteiger partial charge is 0.191 e. The Balaban J connectivity index is 2.59. The Hall–Kier alpha value is -1.97. The van der Waals surface area contributed by atoms with Crippen molar-refractivity contribution in [3.63, 3.8) is 0 Å². The van der Waals surface area contributed by atoms with E-state index in [9.17, 15) is 4.39 Å². The van der Waals surface area contributed by atoms with Crippen LogP contribution in [0.5, 0.6) is 0 Å². The second-order valence-electron chi connectivity index (χ2n) is 3.29. The molecule has 0 aliphatic carbocycles. The molecule has 0 bridgehead atoms. The summed E-state index contributed by atoms with van der Waals surface area (Å²) in [4.78, 5) is 7.46. The van der Waals surface area contributed by atoms with Gasteiger partial charge in [0.2, 0.25) is 0 Å². The monoisotopic (exact) mass is 203 g/mol. The van der Waals surface area contributed by atoms with Crippen molar-refractivity contribution in [2.75, 3.05) is 5.73 Å². The summed E-state index contributed by atoms with van der Waals surface area (Å²) in [6.07, 6.45) is 1.26. The summed E-state index contributed by atoms with van der Waals surface area (Å²) in [5.74, 6) is -0.690. The molecule has 0 radical (unpaired) electrons. The van der Waals surface area contributed by atoms with Gasteiger partial charge in [0.15, 0.2) is 11.6 Å². The van der Waals surface area contributed by atoms with E-state index in [4.69, 9.17) is 5.73 Å². The Morgan fingerprint density at radius 3 is 2.80 bits per heavy atom. The number of aromatic nitrogens is 2. The number of aryl methyl sites for hydroxylation is 1. The lowest BCUT2D eigenvalue weighted by atomic mass is 10.1. The van der Waals surface area contributed by atoms with Gasteiger partial charge in [0.1, 0.15) is 12.0 Å². The van der Waals surface area contributed by atoms with Crippen molar-refractivity contribution < 1.29 is 4.39 Å². The molecular formula is C11H10FN3. The van der Waals surface area contributed by atoms with Crippen molar-refractivity contribution in [3.8, 4) is 11.3 Å². The van der Waals surface area contributed by atoms with Crippen LogP contribution in [0.2, 0.25) is 0 Å². The fourth-order valence-corrected chi connectivity index (χ4v) is 1.38. The van der Waals surface area contributed by atoms with Crippen LogP contribution in [-0.2, 0) is 0 Å². The molecule has 2 aromatic rings. The van der Waals surface area contributed by atoms with Crippen LogP contribution in [0.25, 0.3) is 11.3 Å². The predicted molar refractivity (Wildman–Crippen MR) is 56.6 cm³/mol. The van der Waals surface area contributed by atoms with Crippen molar-refractivity contribution in [2.24, 2.45) is 0 Å². The molecule has 0 aliphatic heterocycles. The van der Waals surface area contributed by atoms with Crippen molar-refractivity contribution >= 4 is 5.82 Å². The van der Waals surface area contributed by atoms with Gasteiger partial charge in [-0.25, -0.2) is 14.4 Å². The van der Waals surface area contributed by atoms with Crippen molar-refractivity contribution in [1.82, 2.24) is 9.97 Å². The molecule has 0 saturated carbocycles. The molecule has 4 heteroatoms. The molecule has 1 heterocycles. The lowest BCUT2D eigenvalue weighted by Gasteiger charge is -2.04. The largest absolute Gasteiger partial charge is 0.381 e. The molecule has 0 saturated heterocycles. The van der Waals surface area contributed by atoms with Crippen molar-refractivity contribution in [3.05, 3.63) is 42.0 Å². The van der Waals surface area contributed by atoms with Crippen LogP contribution in [0.1, 0.15) is 5.56 Å². The summed E-state index contributed by atoms with van der Waals surface area (Å²) in [5.41, 5.74) is 7.37. The predicted octanol–water partition coefficient (Wildman–Crippen LogP) is 2.17. The summed E-state index contributed by atoms with van der Waals surface area (Å²) in [6.45, 7) is 1.94. The molecule has 0 aliphatic rings. The highest BCUT2D eigenvalue weighted by atomic mass is 19.1. The van der Waals surface area contributed by atoms with E-state index in [-0.39, 0.29) is 11.5 Å². The molecule has 3 nitrogen and oxygen atoms in total. The normalized spacial score (nSPS) is 10.3. The Morgan fingerprint density at radius 1 is 1.27 bits per heavy atom. The van der Waals surface area contributed by atoms with Gasteiger partial charge < -0.3 is 5.73 Å². The molecular weight excluding hydrogens is 193 g/mol. The first-order valence-corrected chi connectivity index (χ1v) is 4.51. The SMILES string of the molecule is Cc1cccc(-c2ncnc(N)c2F)c1. The number of nitrogens with two attached hydrogens (primary N) is 1. The zero-order chi connectivity index (χ0) is 10.8. The van der Waals surface area contributed by atoms with Crippen LogP contribution in [0.15, 0.2) is 30.6 Å². The second-order valence-corrected chi connectivity index (χ2v) is 3.29. The zero-order valence-electron chi connectivity index (χ0n) is 8.24. The standard InChI is InChI=1S/C11H10FN3/c1-7-3-2-4-8(5-7)10-9(12)11(13)15-6-14-10/h2-6H,1H3,(H2,13,14,15). The fourth-order valence-electron chi connectivity index (χ4n) is 1.38. The molecule has 15 heavy (non-hydrogen) atoms. The fraction of sp³-hybridized carbons (Fsp3) is 0.0909. The van der Waals surface area contributed by atoms with Gasteiger partial charge in [-0.2, -0.15) is 0 Å². The van der Waals surface area contributed by atoms with Crippen molar-refractivity contribution in [1.29, 1.82) is 0 Å². The second kappa shape index (κ2) is 3.65. The van der Waals surface area contributed by atoms with Crippen LogP contribution >= 0.6 is 0 Å². The Kier molecular flexibility index (Phi) is 2.33. The first-order valence-electron chi connectivity index (χ1n) is 4.51. The van der Waals surface area contributed by atoms with Crippen LogP contribution < -0.4 is 5.73 Å². The minimum Gasteiger partial charge on any atom is -0.381 e. The molecule has 1 aromatic heterocycles. The Bertz CT molecular complexity index is 497. The molecule has 2 rings (SSSR count). The summed E-state index contributed by atoms with van der Waals surface area (Å²) in [6, 6.07) is 7.43. The third-order valence-corrected chi connectivity index (χ3v) is 2.11. The maximum Gasteiger partial charge on any atom is 0.191 e. The van der Waals surface area contributed by atoms with E-state index in [0.717, 1.165) is 5.56 Å². The molecule has 76 valence electrons. The Morgan fingerprint density at radius 2 is 2.07 bits per heavy atom. The first-order chi connectivity index (χ1) is 7.18. The summed E-state index contributed by atoms with van der Waals surface area (Å²) in [5, 5.41) is 0. The van der Waals surface area contributed by atoms with Gasteiger partial charge in [0, 0.05) is 5.56 Å². The lowest BCUT2D eigenvalue weighted by molar-refractivity contribution is 0.624. The third-order valence-electron chi connectivity index (χ3n) is 2.11. The van der Waals surface area contributed by atoms with Gasteiger partial charge >= 0.3 is 0 Å². The number of hydrogen-bond acceptors (Lipinski definition) is 3. The highest BCUT2D eigenvalue weighted by Gasteiger charge is 2.10. The molecule has 0 amide bonds. The average Bonchev–Trinajstić information content (AvgIpc) is 2.22. The van der Waals surface area contributed by atoms with Crippen LogP contribution in [-0.4, -0.2) is 9.97 Å². The maximum atomic E-state index is 13.6. The molecule has 1 aromatic carbocycles. The van der Waals surface area contributed by atoms with E-state index in [1.54, 1.807) is 6.07 Å². The van der Waals surface area contributed by atoms with E-state index >= 15 is 0 Å². The van der Waals surface area contributed by atoms with E-state index in [1.165, 1.54) is 6.33 Å². The van der Waals surface area contributed by atoms with Crippen LogP contribution in [0.3, 0.4) is 0 Å². The number of nitrogen functional groups attached to an aromatic ring is 1. The number of anilines is 1. The van der Waals surface area contributed by atoms with E-state index in [0.29, 0.717) is 5.56 Å². The summed E-state index contributed by atoms with van der Waals surface area (Å²) >= 11 is 0. The number of halogens is 1. The summed E-state index contributed by atoms with van der Waals surface area (Å²) < 4.78 is 13.6. The topological polar surface area (TPSA) is 51.8 Å². The van der Waals surface area contributed by atoms with Gasteiger partial charge in [0.25, 0.3) is 0 Å². The van der Waals surface area contributed by atoms with Gasteiger partial charge in [-0.05, 0) is 13.0 Å². The Labute approximate surface area is 86.8 Å². The molecule has 2 N–H and O–H groups in total. The lowest BCUT2D eigenvalue weighted by Crippen LogP contribution is -1.99. The van der Waals surface area contributed by atoms with Gasteiger partial charge in [0.05, 0.1) is 0 Å². The van der Waals surface area contributed by atoms with Gasteiger partial charge in [-0.15, -0.1) is 0 Å². The average molecular weight is 203 g/mol. The van der Waals surface area contributed by atoms with Crippen molar-refractivity contribution in [2.45, 2.75) is 6.92 Å². The van der Waals surface area contributed by atoms with E-state index in [2.05, 4.69) is 9.97 Å². The van der Waals surface area contributed by atoms with E-state index in [1.807, 2.05) is 25.1 Å². The van der Waals surface area contributed by atoms with Crippen LogP contribution in [0, 0.1) is 12.7 Å². The number of hydrogen-bond donors (Lipinski definition) is 1. The minimum absolute atomic E-state index is 0.124. The molecule has 0 atom stereocenters. The molecule has 0 unspecified atom stereocenters. The highest BCUT2D eigenvalue weighted by molar-refractivity contribution is 5.63. The zero-order valence-corrected chi connectivity index (χ0v) is 8.24. The van der Waals surface area contributed by atoms with E-state index < -0.39 is 5.82 Å². The van der Waals surface area contributed by atoms with Gasteiger partial charge in [-0.3, -0.25) is 0 Å². The number of benzene rings is 1.